The van der Waals surface area contributed by atoms with Crippen LogP contribution in [0.15, 0.2) is 0 Å². The van der Waals surface area contributed by atoms with Crippen molar-refractivity contribution in [3.05, 3.63) is 0 Å². The molecule has 5 N–H and O–H groups in total. The fraction of sp³-hybridized carbons (Fsp3) is 0.765. The maximum Gasteiger partial charge on any atom is 0.303 e. The molecule has 304 valence electrons. The van der Waals surface area contributed by atoms with E-state index < -0.39 is 42.8 Å². The molecule has 20 heteroatoms. The number of carbonyl (C=O) groups is 8. The summed E-state index contributed by atoms with van der Waals surface area (Å²) in [7, 11) is 0. The standard InChI is InChI=1S/C34H56N8O12/c43-27(6-1-2-7-33(49)50)35-8-4-3-5-26(34(51)38-23-32(48)41-13-19-54-20-14-41)42(24-28(44)36-21-30(46)39-9-15-52-16-10-39)25-29(45)37-22-31(47)40-11-17-53-18-12-40/h26H,1-25H2,(H,35,43)(H,36,44)(H,37,45)(H,38,51)(H,49,50). The molecule has 0 aliphatic carbocycles. The van der Waals surface area contributed by atoms with Crippen molar-refractivity contribution in [3.63, 3.8) is 0 Å². The van der Waals surface area contributed by atoms with E-state index in [9.17, 15) is 38.4 Å². The van der Waals surface area contributed by atoms with Crippen molar-refractivity contribution in [2.24, 2.45) is 0 Å². The Morgan fingerprint density at radius 1 is 0.537 bits per heavy atom. The van der Waals surface area contributed by atoms with Gasteiger partial charge in [-0.1, -0.05) is 0 Å². The molecule has 0 aromatic heterocycles. The van der Waals surface area contributed by atoms with Crippen LogP contribution in [-0.4, -0.2) is 196 Å². The molecule has 0 radical (unpaired) electrons. The lowest BCUT2D eigenvalue weighted by Crippen LogP contribution is -2.55. The first-order chi connectivity index (χ1) is 26.0. The lowest BCUT2D eigenvalue weighted by Gasteiger charge is -2.31. The Balaban J connectivity index is 1.67. The highest BCUT2D eigenvalue weighted by atomic mass is 16.5. The first kappa shape index (κ1) is 44.0. The molecule has 3 aliphatic rings. The zero-order valence-corrected chi connectivity index (χ0v) is 31.0. The maximum absolute atomic E-state index is 13.8. The van der Waals surface area contributed by atoms with Crippen LogP contribution >= 0.6 is 0 Å². The number of unbranched alkanes of at least 4 members (excludes halogenated alkanes) is 2. The average molecular weight is 769 g/mol. The van der Waals surface area contributed by atoms with E-state index in [0.29, 0.717) is 105 Å². The molecule has 1 unspecified atom stereocenters. The van der Waals surface area contributed by atoms with Gasteiger partial charge >= 0.3 is 5.97 Å². The molecule has 3 fully saturated rings. The Morgan fingerprint density at radius 2 is 0.963 bits per heavy atom. The molecule has 0 bridgehead atoms. The second-order valence-electron chi connectivity index (χ2n) is 13.1. The van der Waals surface area contributed by atoms with Gasteiger partial charge in [0.15, 0.2) is 0 Å². The molecule has 0 aromatic rings. The molecular weight excluding hydrogens is 712 g/mol. The molecule has 0 saturated carbocycles. The second kappa shape index (κ2) is 24.8. The fourth-order valence-corrected chi connectivity index (χ4v) is 5.98. The first-order valence-electron chi connectivity index (χ1n) is 18.6. The van der Waals surface area contributed by atoms with Crippen molar-refractivity contribution in [2.45, 2.75) is 51.0 Å². The normalized spacial score (nSPS) is 16.6. The molecule has 3 aliphatic heterocycles. The number of aliphatic carboxylic acids is 1. The van der Waals surface area contributed by atoms with Crippen LogP contribution in [0.5, 0.6) is 0 Å². The van der Waals surface area contributed by atoms with Crippen LogP contribution in [0.1, 0.15) is 44.9 Å². The van der Waals surface area contributed by atoms with Gasteiger partial charge < -0.3 is 55.3 Å². The van der Waals surface area contributed by atoms with Gasteiger partial charge in [-0.2, -0.15) is 0 Å². The number of ether oxygens (including phenoxy) is 3. The number of hydrogen-bond acceptors (Lipinski definition) is 12. The summed E-state index contributed by atoms with van der Waals surface area (Å²) in [4.78, 5) is 107. The molecule has 3 saturated heterocycles. The van der Waals surface area contributed by atoms with E-state index in [1.807, 2.05) is 0 Å². The molecule has 1 atom stereocenters. The number of nitrogens with one attached hydrogen (secondary N) is 4. The maximum atomic E-state index is 13.8. The SMILES string of the molecule is O=C(O)CCCCC(=O)NCCCCC(C(=O)NCC(=O)N1CCOCC1)N(CC(=O)NCC(=O)N1CCOCC1)CC(=O)NCC(=O)N1CCOCC1. The van der Waals surface area contributed by atoms with Gasteiger partial charge in [0.05, 0.1) is 78.4 Å². The van der Waals surface area contributed by atoms with E-state index in [1.165, 1.54) is 4.90 Å². The largest absolute Gasteiger partial charge is 0.481 e. The van der Waals surface area contributed by atoms with Crippen molar-refractivity contribution >= 4 is 47.3 Å². The van der Waals surface area contributed by atoms with E-state index >= 15 is 0 Å². The van der Waals surface area contributed by atoms with Crippen molar-refractivity contribution < 1.29 is 57.7 Å². The van der Waals surface area contributed by atoms with Crippen molar-refractivity contribution in [1.82, 2.24) is 40.9 Å². The molecule has 7 amide bonds. The van der Waals surface area contributed by atoms with Crippen molar-refractivity contribution in [1.29, 1.82) is 0 Å². The number of carbonyl (C=O) groups excluding carboxylic acids is 7. The fourth-order valence-electron chi connectivity index (χ4n) is 5.98. The molecule has 0 spiro atoms. The van der Waals surface area contributed by atoms with Crippen molar-refractivity contribution in [3.8, 4) is 0 Å². The quantitative estimate of drug-likeness (QED) is 0.0673. The molecule has 0 aromatic carbocycles. The Hall–Kier alpha value is -4.40. The number of amides is 7. The number of carboxylic acid groups (broad SMARTS) is 1. The van der Waals surface area contributed by atoms with E-state index in [4.69, 9.17) is 19.3 Å². The van der Waals surface area contributed by atoms with Crippen LogP contribution in [0, 0.1) is 0 Å². The molecule has 54 heavy (non-hydrogen) atoms. The van der Waals surface area contributed by atoms with Gasteiger partial charge in [-0.25, -0.2) is 0 Å². The summed E-state index contributed by atoms with van der Waals surface area (Å²) in [5, 5.41) is 19.4. The summed E-state index contributed by atoms with van der Waals surface area (Å²) >= 11 is 0. The molecule has 20 nitrogen and oxygen atoms in total. The minimum Gasteiger partial charge on any atom is -0.481 e. The summed E-state index contributed by atoms with van der Waals surface area (Å²) in [5.41, 5.74) is 0. The predicted octanol–water partition coefficient (Wildman–Crippen LogP) is -3.49. The summed E-state index contributed by atoms with van der Waals surface area (Å²) < 4.78 is 15.9. The smallest absolute Gasteiger partial charge is 0.303 e. The van der Waals surface area contributed by atoms with Gasteiger partial charge in [0.2, 0.25) is 41.4 Å². The van der Waals surface area contributed by atoms with Crippen LogP contribution < -0.4 is 21.3 Å². The van der Waals surface area contributed by atoms with Gasteiger partial charge in [0.1, 0.15) is 0 Å². The summed E-state index contributed by atoms with van der Waals surface area (Å²) in [6, 6.07) is -1.09. The summed E-state index contributed by atoms with van der Waals surface area (Å²) in [6.45, 7) is 3.06. The summed E-state index contributed by atoms with van der Waals surface area (Å²) in [5.74, 6) is -3.93. The molecular formula is C34H56N8O12. The lowest BCUT2D eigenvalue weighted by molar-refractivity contribution is -0.139. The number of nitrogens with zero attached hydrogens (tertiary/aromatic N) is 4. The highest BCUT2D eigenvalue weighted by molar-refractivity contribution is 5.91. The topological polar surface area (TPSA) is 246 Å². The van der Waals surface area contributed by atoms with E-state index in [1.54, 1.807) is 14.7 Å². The third kappa shape index (κ3) is 17.2. The third-order valence-electron chi connectivity index (χ3n) is 9.09. The number of morpholine rings is 3. The number of rotatable bonds is 22. The van der Waals surface area contributed by atoms with Crippen LogP contribution in [0.4, 0.5) is 0 Å². The number of carboxylic acids is 1. The lowest BCUT2D eigenvalue weighted by atomic mass is 10.1. The average Bonchev–Trinajstić information content (AvgIpc) is 3.18. The van der Waals surface area contributed by atoms with E-state index in [2.05, 4.69) is 21.3 Å². The monoisotopic (exact) mass is 768 g/mol. The van der Waals surface area contributed by atoms with Gasteiger partial charge in [-0.05, 0) is 32.1 Å². The van der Waals surface area contributed by atoms with Gasteiger partial charge in [-0.3, -0.25) is 43.3 Å². The van der Waals surface area contributed by atoms with Crippen LogP contribution in [-0.2, 0) is 52.6 Å². The van der Waals surface area contributed by atoms with Gasteiger partial charge in [0.25, 0.3) is 0 Å². The minimum absolute atomic E-state index is 0.0182. The van der Waals surface area contributed by atoms with E-state index in [-0.39, 0.29) is 69.1 Å². The second-order valence-corrected chi connectivity index (χ2v) is 13.1. The first-order valence-corrected chi connectivity index (χ1v) is 18.6. The van der Waals surface area contributed by atoms with Crippen LogP contribution in [0.3, 0.4) is 0 Å². The Kier molecular flexibility index (Phi) is 20.2. The Bertz CT molecular complexity index is 1220. The molecule has 3 rings (SSSR count). The predicted molar refractivity (Wildman–Crippen MR) is 190 cm³/mol. The Morgan fingerprint density at radius 3 is 1.41 bits per heavy atom. The van der Waals surface area contributed by atoms with Gasteiger partial charge in [-0.15, -0.1) is 0 Å². The minimum atomic E-state index is -1.09. The van der Waals surface area contributed by atoms with Crippen LogP contribution in [0.25, 0.3) is 0 Å². The highest BCUT2D eigenvalue weighted by Gasteiger charge is 2.31. The zero-order chi connectivity index (χ0) is 39.1. The van der Waals surface area contributed by atoms with Crippen molar-refractivity contribution in [2.75, 3.05) is 118 Å². The zero-order valence-electron chi connectivity index (χ0n) is 31.0. The Labute approximate surface area is 314 Å². The van der Waals surface area contributed by atoms with Gasteiger partial charge in [0, 0.05) is 58.7 Å². The third-order valence-corrected chi connectivity index (χ3v) is 9.09. The van der Waals surface area contributed by atoms with Crippen LogP contribution in [0.2, 0.25) is 0 Å². The number of hydrogen-bond donors (Lipinski definition) is 5. The summed E-state index contributed by atoms with van der Waals surface area (Å²) in [6.07, 6.45) is 1.91. The van der Waals surface area contributed by atoms with E-state index in [0.717, 1.165) is 0 Å². The molecule has 3 heterocycles. The highest BCUT2D eigenvalue weighted by Crippen LogP contribution is 2.11.